The second-order valence-corrected chi connectivity index (χ2v) is 6.00. The average molecular weight is 377 g/mol. The maximum Gasteiger partial charge on any atom is 0.251 e. The number of nitrogens with one attached hydrogen (secondary N) is 2. The average Bonchev–Trinajstić information content (AvgIpc) is 3.26. The number of aromatic amines is 2. The van der Waals surface area contributed by atoms with Gasteiger partial charge in [-0.2, -0.15) is 10.3 Å². The smallest absolute Gasteiger partial charge is 0.251 e. The standard InChI is InChI=1S/C17H11N7O4/c25-10-5-11(26)18-6-9(10)17(27)22-21-13-8-4-2-1-3-7(8)12-14(13)20-16-15(19-12)23-28-24-16/h1-6,17,27H,(H,20,24)(H2,18,25,26). The molecule has 5 rings (SSSR count). The van der Waals surface area contributed by atoms with Crippen molar-refractivity contribution < 1.29 is 14.8 Å². The van der Waals surface area contributed by atoms with Gasteiger partial charge in [0, 0.05) is 23.0 Å². The van der Waals surface area contributed by atoms with E-state index in [0.717, 1.165) is 16.8 Å². The highest BCUT2D eigenvalue weighted by Gasteiger charge is 2.18. The first kappa shape index (κ1) is 16.1. The summed E-state index contributed by atoms with van der Waals surface area (Å²) in [5, 5.41) is 36.0. The van der Waals surface area contributed by atoms with Crippen molar-refractivity contribution in [1.82, 2.24) is 25.3 Å². The number of pyridine rings is 1. The monoisotopic (exact) mass is 377 g/mol. The fraction of sp³-hybridized carbons (Fsp3) is 0.0588. The highest BCUT2D eigenvalue weighted by Crippen LogP contribution is 2.39. The summed E-state index contributed by atoms with van der Waals surface area (Å²) in [5.74, 6) is -0.381. The van der Waals surface area contributed by atoms with Crippen molar-refractivity contribution in [2.45, 2.75) is 6.23 Å². The van der Waals surface area contributed by atoms with E-state index in [0.29, 0.717) is 28.0 Å². The van der Waals surface area contributed by atoms with Gasteiger partial charge in [0.2, 0.25) is 11.3 Å². The molecule has 0 spiro atoms. The van der Waals surface area contributed by atoms with Crippen molar-refractivity contribution in [1.29, 1.82) is 0 Å². The number of nitrogens with zero attached hydrogens (tertiary/aromatic N) is 5. The van der Waals surface area contributed by atoms with E-state index in [2.05, 4.69) is 35.5 Å². The Kier molecular flexibility index (Phi) is 3.42. The molecule has 0 aliphatic rings. The Hall–Kier alpha value is -4.12. The molecule has 3 heterocycles. The molecule has 0 amide bonds. The quantitative estimate of drug-likeness (QED) is 0.350. The minimum Gasteiger partial charge on any atom is -0.507 e. The number of aromatic nitrogens is 5. The molecule has 0 saturated carbocycles. The third-order valence-corrected chi connectivity index (χ3v) is 4.29. The van der Waals surface area contributed by atoms with E-state index in [1.165, 1.54) is 6.20 Å². The number of azo groups is 1. The maximum atomic E-state index is 11.2. The Morgan fingerprint density at radius 3 is 2.79 bits per heavy atom. The Morgan fingerprint density at radius 1 is 1.14 bits per heavy atom. The van der Waals surface area contributed by atoms with Crippen LogP contribution in [0.5, 0.6) is 5.75 Å². The highest BCUT2D eigenvalue weighted by atomic mass is 16.6. The number of aromatic hydroxyl groups is 1. The van der Waals surface area contributed by atoms with E-state index in [4.69, 9.17) is 4.63 Å². The first-order valence-electron chi connectivity index (χ1n) is 8.14. The third kappa shape index (κ3) is 2.41. The van der Waals surface area contributed by atoms with Crippen LogP contribution in [0.4, 0.5) is 5.69 Å². The summed E-state index contributed by atoms with van der Waals surface area (Å²) in [6.45, 7) is 0. The molecule has 1 unspecified atom stereocenters. The molecule has 2 aromatic carbocycles. The molecule has 0 aliphatic carbocycles. The van der Waals surface area contributed by atoms with Crippen LogP contribution in [0, 0.1) is 0 Å². The van der Waals surface area contributed by atoms with Crippen molar-refractivity contribution in [2.24, 2.45) is 10.2 Å². The van der Waals surface area contributed by atoms with Crippen molar-refractivity contribution in [3.05, 3.63) is 52.4 Å². The molecule has 0 aliphatic heterocycles. The van der Waals surface area contributed by atoms with Gasteiger partial charge in [0.15, 0.2) is 6.23 Å². The van der Waals surface area contributed by atoms with E-state index in [1.54, 1.807) is 0 Å². The van der Waals surface area contributed by atoms with Crippen LogP contribution in [-0.4, -0.2) is 35.5 Å². The molecule has 1 atom stereocenters. The van der Waals surface area contributed by atoms with Crippen LogP contribution in [0.15, 0.2) is 56.2 Å². The summed E-state index contributed by atoms with van der Waals surface area (Å²) in [6, 6.07) is 8.35. The first-order chi connectivity index (χ1) is 13.6. The Labute approximate surface area is 154 Å². The number of benzene rings is 1. The van der Waals surface area contributed by atoms with Gasteiger partial charge in [-0.25, -0.2) is 9.97 Å². The van der Waals surface area contributed by atoms with Crippen LogP contribution < -0.4 is 5.56 Å². The number of hydrogen-bond acceptors (Lipinski definition) is 9. The highest BCUT2D eigenvalue weighted by molar-refractivity contribution is 6.18. The predicted molar refractivity (Wildman–Crippen MR) is 97.2 cm³/mol. The molecular formula is C17H11N7O4. The zero-order valence-electron chi connectivity index (χ0n) is 14.0. The summed E-state index contributed by atoms with van der Waals surface area (Å²) in [5.41, 5.74) is 1.61. The fourth-order valence-corrected chi connectivity index (χ4v) is 3.00. The summed E-state index contributed by atoms with van der Waals surface area (Å²) in [4.78, 5) is 22.5. The summed E-state index contributed by atoms with van der Waals surface area (Å²) in [6.07, 6.45) is -0.308. The van der Waals surface area contributed by atoms with Gasteiger partial charge in [-0.3, -0.25) is 9.42 Å². The van der Waals surface area contributed by atoms with Crippen LogP contribution >= 0.6 is 0 Å². The van der Waals surface area contributed by atoms with Crippen molar-refractivity contribution in [3.63, 3.8) is 0 Å². The molecule has 0 bridgehead atoms. The van der Waals surface area contributed by atoms with E-state index in [1.807, 2.05) is 24.3 Å². The van der Waals surface area contributed by atoms with E-state index < -0.39 is 11.8 Å². The molecule has 0 fully saturated rings. The zero-order chi connectivity index (χ0) is 19.3. The molecule has 11 nitrogen and oxygen atoms in total. The lowest BCUT2D eigenvalue weighted by molar-refractivity contribution is 0.176. The molecule has 138 valence electrons. The van der Waals surface area contributed by atoms with Crippen molar-refractivity contribution in [2.75, 3.05) is 0 Å². The van der Waals surface area contributed by atoms with Gasteiger partial charge in [-0.15, -0.1) is 5.11 Å². The van der Waals surface area contributed by atoms with Gasteiger partial charge in [0.1, 0.15) is 22.5 Å². The van der Waals surface area contributed by atoms with Crippen LogP contribution in [0.25, 0.3) is 33.1 Å². The number of fused-ring (bicyclic) bond motifs is 4. The van der Waals surface area contributed by atoms with E-state index in [9.17, 15) is 15.0 Å². The van der Waals surface area contributed by atoms with Gasteiger partial charge in [-0.1, -0.05) is 24.3 Å². The van der Waals surface area contributed by atoms with Gasteiger partial charge in [-0.05, 0) is 5.16 Å². The lowest BCUT2D eigenvalue weighted by Crippen LogP contribution is -2.05. The lowest BCUT2D eigenvalue weighted by atomic mass is 10.2. The minimum absolute atomic E-state index is 0.0179. The topological polar surface area (TPSA) is 166 Å². The van der Waals surface area contributed by atoms with E-state index in [-0.39, 0.29) is 11.3 Å². The SMILES string of the molecule is O=c1cc(O)c(C(O)N=Nc2c3ccccc3c3nc4no[nH]c4nc23)c[nH]1. The van der Waals surface area contributed by atoms with Gasteiger partial charge >= 0.3 is 0 Å². The van der Waals surface area contributed by atoms with Crippen molar-refractivity contribution >= 4 is 38.8 Å². The van der Waals surface area contributed by atoms with Crippen LogP contribution in [-0.2, 0) is 0 Å². The normalized spacial score (nSPS) is 13.2. The van der Waals surface area contributed by atoms with Gasteiger partial charge < -0.3 is 15.2 Å². The molecular weight excluding hydrogens is 366 g/mol. The molecule has 4 N–H and O–H groups in total. The fourth-order valence-electron chi connectivity index (χ4n) is 3.00. The van der Waals surface area contributed by atoms with Gasteiger partial charge in [0.05, 0.1) is 5.56 Å². The van der Waals surface area contributed by atoms with Crippen LogP contribution in [0.2, 0.25) is 0 Å². The second-order valence-electron chi connectivity index (χ2n) is 6.00. The largest absolute Gasteiger partial charge is 0.507 e. The minimum atomic E-state index is -1.49. The Morgan fingerprint density at radius 2 is 1.96 bits per heavy atom. The molecule has 5 aromatic rings. The molecule has 3 aromatic heterocycles. The Balaban J connectivity index is 1.68. The zero-order valence-corrected chi connectivity index (χ0v) is 14.0. The number of rotatable bonds is 3. The lowest BCUT2D eigenvalue weighted by Gasteiger charge is -2.05. The predicted octanol–water partition coefficient (Wildman–Crippen LogP) is 2.42. The molecule has 28 heavy (non-hydrogen) atoms. The molecule has 0 radical (unpaired) electrons. The number of hydrogen-bond donors (Lipinski definition) is 4. The molecule has 11 heteroatoms. The van der Waals surface area contributed by atoms with Crippen LogP contribution in [0.1, 0.15) is 11.8 Å². The maximum absolute atomic E-state index is 11.2. The third-order valence-electron chi connectivity index (χ3n) is 4.29. The Bertz CT molecular complexity index is 1430. The summed E-state index contributed by atoms with van der Waals surface area (Å²) < 4.78 is 4.79. The van der Waals surface area contributed by atoms with Gasteiger partial charge in [0.25, 0.3) is 5.56 Å². The number of H-pyrrole nitrogens is 2. The summed E-state index contributed by atoms with van der Waals surface area (Å²) >= 11 is 0. The first-order valence-corrected chi connectivity index (χ1v) is 8.14. The molecule has 0 saturated heterocycles. The second kappa shape index (κ2) is 5.96. The van der Waals surface area contributed by atoms with E-state index >= 15 is 0 Å². The van der Waals surface area contributed by atoms with Crippen molar-refractivity contribution in [3.8, 4) is 5.75 Å². The number of aliphatic hydroxyl groups excluding tert-OH is 1. The van der Waals surface area contributed by atoms with Crippen LogP contribution in [0.3, 0.4) is 0 Å². The summed E-state index contributed by atoms with van der Waals surface area (Å²) in [7, 11) is 0. The number of aliphatic hydroxyl groups is 1.